The van der Waals surface area contributed by atoms with Gasteiger partial charge in [-0.05, 0) is 59.2 Å². The average molecular weight is 290 g/mol. The number of hydrogen-bond donors (Lipinski definition) is 1. The molecular weight excluding hydrogens is 264 g/mol. The quantitative estimate of drug-likeness (QED) is 0.905. The van der Waals surface area contributed by atoms with Crippen molar-refractivity contribution in [2.45, 2.75) is 65.3 Å². The Morgan fingerprint density at radius 2 is 1.86 bits per heavy atom. The van der Waals surface area contributed by atoms with Crippen LogP contribution in [0.5, 0.6) is 0 Å². The van der Waals surface area contributed by atoms with Crippen molar-refractivity contribution in [1.82, 2.24) is 4.90 Å². The van der Waals surface area contributed by atoms with Gasteiger partial charge in [0.05, 0.1) is 0 Å². The molecule has 4 heteroatoms. The molecule has 1 fully saturated rings. The molecule has 0 unspecified atom stereocenters. The van der Waals surface area contributed by atoms with Crippen LogP contribution in [0.2, 0.25) is 0 Å². The van der Waals surface area contributed by atoms with E-state index in [0.717, 1.165) is 11.3 Å². The second-order valence-electron chi connectivity index (χ2n) is 7.13. The minimum atomic E-state index is -1.19. The van der Waals surface area contributed by atoms with Crippen LogP contribution in [0.3, 0.4) is 0 Å². The van der Waals surface area contributed by atoms with Crippen molar-refractivity contribution in [3.05, 3.63) is 29.8 Å². The van der Waals surface area contributed by atoms with Gasteiger partial charge in [0.2, 0.25) is 0 Å². The van der Waals surface area contributed by atoms with Crippen molar-refractivity contribution >= 4 is 11.7 Å². The fourth-order valence-electron chi connectivity index (χ4n) is 3.63. The van der Waals surface area contributed by atoms with Crippen LogP contribution >= 0.6 is 0 Å². The Kier molecular flexibility index (Phi) is 3.79. The molecule has 2 amide bonds. The van der Waals surface area contributed by atoms with Crippen molar-refractivity contribution in [1.29, 1.82) is 0 Å². The number of aryl methyl sites for hydroxylation is 1. The fourth-order valence-corrected chi connectivity index (χ4v) is 3.63. The van der Waals surface area contributed by atoms with Crippen LogP contribution in [0.25, 0.3) is 0 Å². The molecule has 0 aliphatic carbocycles. The van der Waals surface area contributed by atoms with E-state index >= 15 is 0 Å². The van der Waals surface area contributed by atoms with Gasteiger partial charge in [-0.25, -0.2) is 4.79 Å². The molecule has 1 atom stereocenters. The number of carbonyl (C=O) groups is 1. The summed E-state index contributed by atoms with van der Waals surface area (Å²) in [5, 5.41) is 10.9. The van der Waals surface area contributed by atoms with Crippen LogP contribution in [-0.2, 0) is 0 Å². The molecule has 2 rings (SSSR count). The first kappa shape index (κ1) is 15.8. The molecule has 0 aromatic heterocycles. The van der Waals surface area contributed by atoms with Gasteiger partial charge in [0.1, 0.15) is 5.72 Å². The highest BCUT2D eigenvalue weighted by atomic mass is 16.3. The number of benzene rings is 1. The molecule has 0 spiro atoms. The Bertz CT molecular complexity index is 549. The van der Waals surface area contributed by atoms with Crippen molar-refractivity contribution in [2.24, 2.45) is 0 Å². The second-order valence-corrected chi connectivity index (χ2v) is 7.13. The van der Waals surface area contributed by atoms with E-state index in [-0.39, 0.29) is 17.6 Å². The molecule has 1 aliphatic rings. The lowest BCUT2D eigenvalue weighted by atomic mass is 9.86. The van der Waals surface area contributed by atoms with Crippen LogP contribution in [-0.4, -0.2) is 33.3 Å². The zero-order valence-electron chi connectivity index (χ0n) is 13.8. The third kappa shape index (κ3) is 2.77. The lowest BCUT2D eigenvalue weighted by Gasteiger charge is -2.55. The van der Waals surface area contributed by atoms with Gasteiger partial charge in [-0.15, -0.1) is 0 Å². The van der Waals surface area contributed by atoms with Crippen LogP contribution in [0.1, 0.15) is 46.6 Å². The summed E-state index contributed by atoms with van der Waals surface area (Å²) in [4.78, 5) is 16.4. The smallest absolute Gasteiger partial charge is 0.327 e. The summed E-state index contributed by atoms with van der Waals surface area (Å²) in [5.41, 5.74) is 0.234. The Hall–Kier alpha value is -1.55. The van der Waals surface area contributed by atoms with E-state index in [9.17, 15) is 9.90 Å². The molecule has 4 nitrogen and oxygen atoms in total. The van der Waals surface area contributed by atoms with E-state index in [1.54, 1.807) is 6.92 Å². The molecule has 21 heavy (non-hydrogen) atoms. The number of urea groups is 1. The lowest BCUT2D eigenvalue weighted by molar-refractivity contribution is -0.0335. The van der Waals surface area contributed by atoms with Gasteiger partial charge >= 0.3 is 6.03 Å². The van der Waals surface area contributed by atoms with Gasteiger partial charge in [-0.3, -0.25) is 4.90 Å². The largest absolute Gasteiger partial charge is 0.371 e. The summed E-state index contributed by atoms with van der Waals surface area (Å²) in [5.74, 6) is 0. The van der Waals surface area contributed by atoms with Crippen molar-refractivity contribution in [2.75, 3.05) is 4.90 Å². The Morgan fingerprint density at radius 3 is 2.38 bits per heavy atom. The minimum absolute atomic E-state index is 0.0795. The summed E-state index contributed by atoms with van der Waals surface area (Å²) in [6, 6.07) is 7.64. The first-order valence-electron chi connectivity index (χ1n) is 7.49. The highest BCUT2D eigenvalue weighted by molar-refractivity contribution is 5.95. The predicted molar refractivity (Wildman–Crippen MR) is 85.3 cm³/mol. The van der Waals surface area contributed by atoms with Gasteiger partial charge in [-0.2, -0.15) is 0 Å². The predicted octanol–water partition coefficient (Wildman–Crippen LogP) is 3.52. The topological polar surface area (TPSA) is 43.8 Å². The second kappa shape index (κ2) is 5.02. The molecule has 1 aromatic rings. The third-order valence-corrected chi connectivity index (χ3v) is 4.07. The maximum Gasteiger partial charge on any atom is 0.327 e. The lowest BCUT2D eigenvalue weighted by Crippen LogP contribution is -2.69. The van der Waals surface area contributed by atoms with E-state index in [1.165, 1.54) is 4.90 Å². The van der Waals surface area contributed by atoms with Crippen molar-refractivity contribution in [3.63, 3.8) is 0 Å². The standard InChI is InChI=1S/C17H26N2O2/c1-12(2)18-15(20)19(14-9-7-8-13(3)10-14)17(6,21)11-16(18,4)5/h7-10,12,21H,11H2,1-6H3/t17-/m1/s1. The minimum Gasteiger partial charge on any atom is -0.371 e. The molecule has 0 radical (unpaired) electrons. The van der Waals surface area contributed by atoms with Crippen LogP contribution in [0.4, 0.5) is 10.5 Å². The zero-order valence-corrected chi connectivity index (χ0v) is 13.8. The van der Waals surface area contributed by atoms with Crippen LogP contribution in [0.15, 0.2) is 24.3 Å². The third-order valence-electron chi connectivity index (χ3n) is 4.07. The van der Waals surface area contributed by atoms with Gasteiger partial charge in [0.25, 0.3) is 0 Å². The van der Waals surface area contributed by atoms with Gasteiger partial charge in [0.15, 0.2) is 0 Å². The Labute approximate surface area is 127 Å². The molecule has 1 aromatic carbocycles. The van der Waals surface area contributed by atoms with E-state index in [4.69, 9.17) is 0 Å². The molecule has 1 heterocycles. The van der Waals surface area contributed by atoms with E-state index in [2.05, 4.69) is 0 Å². The summed E-state index contributed by atoms with van der Waals surface area (Å²) >= 11 is 0. The maximum absolute atomic E-state index is 13.0. The average Bonchev–Trinajstić information content (AvgIpc) is 2.24. The number of anilines is 1. The maximum atomic E-state index is 13.0. The molecule has 1 aliphatic heterocycles. The SMILES string of the molecule is Cc1cccc(N2C(=O)N(C(C)C)C(C)(C)C[C@@]2(C)O)c1. The number of aliphatic hydroxyl groups is 1. The number of carbonyl (C=O) groups excluding carboxylic acids is 1. The van der Waals surface area contributed by atoms with Gasteiger partial charge < -0.3 is 10.0 Å². The molecule has 116 valence electrons. The van der Waals surface area contributed by atoms with E-state index < -0.39 is 5.72 Å². The summed E-state index contributed by atoms with van der Waals surface area (Å²) in [6.45, 7) is 11.7. The van der Waals surface area contributed by atoms with E-state index in [0.29, 0.717) is 6.42 Å². The summed E-state index contributed by atoms with van der Waals surface area (Å²) < 4.78 is 0. The van der Waals surface area contributed by atoms with Gasteiger partial charge in [0, 0.05) is 23.7 Å². The molecule has 1 saturated heterocycles. The fraction of sp³-hybridized carbons (Fsp3) is 0.588. The zero-order chi connectivity index (χ0) is 16.0. The molecular formula is C17H26N2O2. The Morgan fingerprint density at radius 1 is 1.24 bits per heavy atom. The number of rotatable bonds is 2. The first-order valence-corrected chi connectivity index (χ1v) is 7.49. The highest BCUT2D eigenvalue weighted by Gasteiger charge is 2.51. The summed E-state index contributed by atoms with van der Waals surface area (Å²) in [7, 11) is 0. The highest BCUT2D eigenvalue weighted by Crippen LogP contribution is 2.39. The normalized spacial score (nSPS) is 25.6. The summed E-state index contributed by atoms with van der Waals surface area (Å²) in [6.07, 6.45) is 0.498. The van der Waals surface area contributed by atoms with E-state index in [1.807, 2.05) is 63.8 Å². The molecule has 0 saturated carbocycles. The van der Waals surface area contributed by atoms with Crippen molar-refractivity contribution in [3.8, 4) is 0 Å². The Balaban J connectivity index is 2.51. The van der Waals surface area contributed by atoms with Crippen molar-refractivity contribution < 1.29 is 9.90 Å². The number of hydrogen-bond acceptors (Lipinski definition) is 2. The van der Waals surface area contributed by atoms with Gasteiger partial charge in [-0.1, -0.05) is 12.1 Å². The molecule has 1 N–H and O–H groups in total. The first-order chi connectivity index (χ1) is 9.56. The van der Waals surface area contributed by atoms with Crippen LogP contribution < -0.4 is 4.90 Å². The number of nitrogens with zero attached hydrogens (tertiary/aromatic N) is 2. The molecule has 0 bridgehead atoms. The number of amides is 2. The monoisotopic (exact) mass is 290 g/mol. The van der Waals surface area contributed by atoms with Crippen LogP contribution in [0, 0.1) is 6.92 Å².